The number of allylic oxidation sites excluding steroid dienone is 2. The van der Waals surface area contributed by atoms with Gasteiger partial charge in [0, 0.05) is 0 Å². The Bertz CT molecular complexity index is 259. The van der Waals surface area contributed by atoms with Crippen molar-refractivity contribution in [1.82, 2.24) is 0 Å². The summed E-state index contributed by atoms with van der Waals surface area (Å²) >= 11 is 0. The van der Waals surface area contributed by atoms with Crippen molar-refractivity contribution in [3.05, 3.63) is 23.5 Å². The van der Waals surface area contributed by atoms with Crippen LogP contribution in [0.25, 0.3) is 0 Å². The summed E-state index contributed by atoms with van der Waals surface area (Å²) in [6, 6.07) is 0. The van der Waals surface area contributed by atoms with Gasteiger partial charge in [-0.1, -0.05) is 20.8 Å². The Morgan fingerprint density at radius 3 is 1.92 bits per heavy atom. The van der Waals surface area contributed by atoms with Crippen molar-refractivity contribution in [3.63, 3.8) is 0 Å². The van der Waals surface area contributed by atoms with Gasteiger partial charge in [0.1, 0.15) is 0 Å². The Balaban J connectivity index is 4.87. The van der Waals surface area contributed by atoms with Gasteiger partial charge in [-0.25, -0.2) is 0 Å². The van der Waals surface area contributed by atoms with Crippen molar-refractivity contribution in [2.75, 3.05) is 0 Å². The molecule has 0 aliphatic carbocycles. The first-order chi connectivity index (χ1) is 5.79. The number of carbonyl (C=O) groups excluding carboxylic acids is 1. The molecule has 4 nitrogen and oxygen atoms in total. The van der Waals surface area contributed by atoms with Crippen LogP contribution in [0.5, 0.6) is 0 Å². The fraction of sp³-hybridized carbons (Fsp3) is 0.444. The summed E-state index contributed by atoms with van der Waals surface area (Å²) in [7, 11) is 0. The molecule has 0 bridgehead atoms. The smallest absolute Gasteiger partial charge is 0.264 e. The van der Waals surface area contributed by atoms with E-state index < -0.39 is 5.91 Å². The zero-order valence-corrected chi connectivity index (χ0v) is 8.29. The average Bonchev–Trinajstić information content (AvgIpc) is 1.96. The van der Waals surface area contributed by atoms with Gasteiger partial charge in [-0.05, 0) is 23.3 Å². The molecular formula is C9H17N3O. The van der Waals surface area contributed by atoms with E-state index in [1.807, 2.05) is 20.8 Å². The van der Waals surface area contributed by atoms with Crippen molar-refractivity contribution in [2.24, 2.45) is 22.6 Å². The quantitative estimate of drug-likeness (QED) is 0.421. The van der Waals surface area contributed by atoms with Crippen molar-refractivity contribution < 1.29 is 4.79 Å². The van der Waals surface area contributed by atoms with Crippen molar-refractivity contribution in [2.45, 2.75) is 20.8 Å². The maximum absolute atomic E-state index is 10.6. The molecule has 0 aliphatic rings. The number of rotatable bonds is 2. The second-order valence-electron chi connectivity index (χ2n) is 3.84. The molecule has 4 heteroatoms. The van der Waals surface area contributed by atoms with Crippen LogP contribution in [-0.2, 0) is 4.79 Å². The summed E-state index contributed by atoms with van der Waals surface area (Å²) in [5, 5.41) is 0. The molecule has 74 valence electrons. The molecular weight excluding hydrogens is 166 g/mol. The summed E-state index contributed by atoms with van der Waals surface area (Å²) in [4.78, 5) is 10.6. The fourth-order valence-corrected chi connectivity index (χ4v) is 0.753. The van der Waals surface area contributed by atoms with E-state index in [1.54, 1.807) is 0 Å². The molecule has 0 aromatic rings. The lowest BCUT2D eigenvalue weighted by molar-refractivity contribution is -0.114. The molecule has 0 saturated carbocycles. The number of amides is 1. The third-order valence-corrected chi connectivity index (χ3v) is 1.64. The summed E-state index contributed by atoms with van der Waals surface area (Å²) in [6.07, 6.45) is 2.93. The summed E-state index contributed by atoms with van der Waals surface area (Å²) in [5.41, 5.74) is 16.4. The Hall–Kier alpha value is -1.45. The first-order valence-electron chi connectivity index (χ1n) is 3.98. The largest absolute Gasteiger partial charge is 0.404 e. The van der Waals surface area contributed by atoms with E-state index in [1.165, 1.54) is 12.3 Å². The minimum absolute atomic E-state index is 0.0200. The van der Waals surface area contributed by atoms with Gasteiger partial charge in [0.25, 0.3) is 5.91 Å². The molecule has 0 fully saturated rings. The zero-order valence-electron chi connectivity index (χ0n) is 8.29. The van der Waals surface area contributed by atoms with Crippen LogP contribution in [0.2, 0.25) is 0 Å². The number of carbonyl (C=O) groups is 1. The molecule has 6 N–H and O–H groups in total. The van der Waals surface area contributed by atoms with Gasteiger partial charge in [0.2, 0.25) is 0 Å². The van der Waals surface area contributed by atoms with Gasteiger partial charge < -0.3 is 17.2 Å². The van der Waals surface area contributed by atoms with Gasteiger partial charge in [0.05, 0.1) is 5.70 Å². The van der Waals surface area contributed by atoms with Crippen LogP contribution in [0.15, 0.2) is 23.5 Å². The van der Waals surface area contributed by atoms with E-state index in [4.69, 9.17) is 17.2 Å². The standard InChI is InChI=1S/C9H17N3O/c1-9(2,3)6(5-10)4-7(11)8(12)13/h4-5H,10-11H2,1-3H3,(H2,12,13)/b6-5+,7-4-. The van der Waals surface area contributed by atoms with Gasteiger partial charge in [-0.15, -0.1) is 0 Å². The molecule has 0 radical (unpaired) electrons. The van der Waals surface area contributed by atoms with Crippen LogP contribution in [0.4, 0.5) is 0 Å². The predicted octanol–water partition coefficient (Wildman–Crippen LogP) is 0.203. The van der Waals surface area contributed by atoms with E-state index in [0.717, 1.165) is 5.57 Å². The highest BCUT2D eigenvalue weighted by atomic mass is 16.1. The molecule has 1 amide bonds. The van der Waals surface area contributed by atoms with Crippen LogP contribution >= 0.6 is 0 Å². The number of hydrogen-bond acceptors (Lipinski definition) is 3. The molecule has 0 atom stereocenters. The van der Waals surface area contributed by atoms with Gasteiger partial charge in [-0.3, -0.25) is 4.79 Å². The highest BCUT2D eigenvalue weighted by molar-refractivity contribution is 5.91. The topological polar surface area (TPSA) is 95.1 Å². The van der Waals surface area contributed by atoms with Crippen LogP contribution in [-0.4, -0.2) is 5.91 Å². The van der Waals surface area contributed by atoms with Crippen molar-refractivity contribution >= 4 is 5.91 Å². The van der Waals surface area contributed by atoms with E-state index >= 15 is 0 Å². The number of hydrogen-bond donors (Lipinski definition) is 3. The van der Waals surface area contributed by atoms with Crippen LogP contribution in [0.3, 0.4) is 0 Å². The Morgan fingerprint density at radius 2 is 1.69 bits per heavy atom. The predicted molar refractivity (Wildman–Crippen MR) is 53.2 cm³/mol. The minimum atomic E-state index is -0.636. The molecule has 0 unspecified atom stereocenters. The van der Waals surface area contributed by atoms with E-state index in [0.29, 0.717) is 0 Å². The number of primary amides is 1. The second kappa shape index (κ2) is 3.98. The molecule has 0 saturated heterocycles. The third kappa shape index (κ3) is 3.64. The van der Waals surface area contributed by atoms with Gasteiger partial charge in [0.15, 0.2) is 0 Å². The van der Waals surface area contributed by atoms with Gasteiger partial charge >= 0.3 is 0 Å². The molecule has 0 heterocycles. The fourth-order valence-electron chi connectivity index (χ4n) is 0.753. The van der Waals surface area contributed by atoms with E-state index in [2.05, 4.69) is 0 Å². The SMILES string of the molecule is CC(C)(C)C(/C=C(\N)C(N)=O)=C/N. The normalized spacial score (nSPS) is 14.4. The van der Waals surface area contributed by atoms with E-state index in [-0.39, 0.29) is 11.1 Å². The highest BCUT2D eigenvalue weighted by Crippen LogP contribution is 2.25. The Kier molecular flexibility index (Phi) is 3.54. The lowest BCUT2D eigenvalue weighted by Gasteiger charge is -2.19. The van der Waals surface area contributed by atoms with E-state index in [9.17, 15) is 4.79 Å². The van der Waals surface area contributed by atoms with Crippen LogP contribution in [0, 0.1) is 5.41 Å². The maximum Gasteiger partial charge on any atom is 0.264 e. The second-order valence-corrected chi connectivity index (χ2v) is 3.84. The molecule has 0 spiro atoms. The molecule has 13 heavy (non-hydrogen) atoms. The summed E-state index contributed by atoms with van der Waals surface area (Å²) in [6.45, 7) is 5.91. The minimum Gasteiger partial charge on any atom is -0.404 e. The van der Waals surface area contributed by atoms with Crippen molar-refractivity contribution in [1.29, 1.82) is 0 Å². The highest BCUT2D eigenvalue weighted by Gasteiger charge is 2.15. The van der Waals surface area contributed by atoms with Gasteiger partial charge in [-0.2, -0.15) is 0 Å². The number of nitrogens with two attached hydrogens (primary N) is 3. The molecule has 0 aromatic heterocycles. The zero-order chi connectivity index (χ0) is 10.6. The van der Waals surface area contributed by atoms with Crippen LogP contribution < -0.4 is 17.2 Å². The maximum atomic E-state index is 10.6. The van der Waals surface area contributed by atoms with Crippen molar-refractivity contribution in [3.8, 4) is 0 Å². The molecule has 0 aromatic carbocycles. The first-order valence-corrected chi connectivity index (χ1v) is 3.98. The average molecular weight is 183 g/mol. The summed E-state index contributed by atoms with van der Waals surface area (Å²) in [5.74, 6) is -0.636. The Morgan fingerprint density at radius 1 is 1.23 bits per heavy atom. The first kappa shape index (κ1) is 11.6. The lowest BCUT2D eigenvalue weighted by atomic mass is 9.86. The van der Waals surface area contributed by atoms with Crippen LogP contribution in [0.1, 0.15) is 20.8 Å². The third-order valence-electron chi connectivity index (χ3n) is 1.64. The molecule has 0 aliphatic heterocycles. The molecule has 0 rings (SSSR count). The Labute approximate surface area is 78.5 Å². The lowest BCUT2D eigenvalue weighted by Crippen LogP contribution is -2.21. The monoisotopic (exact) mass is 183 g/mol. The summed E-state index contributed by atoms with van der Waals surface area (Å²) < 4.78 is 0.